The van der Waals surface area contributed by atoms with E-state index in [0.29, 0.717) is 11.5 Å². The van der Waals surface area contributed by atoms with Crippen LogP contribution in [0.5, 0.6) is 0 Å². The lowest BCUT2D eigenvalue weighted by molar-refractivity contribution is 0.617. The minimum absolute atomic E-state index is 0.342. The van der Waals surface area contributed by atoms with Crippen LogP contribution < -0.4 is 15.1 Å². The molecule has 2 heterocycles. The van der Waals surface area contributed by atoms with Crippen molar-refractivity contribution in [1.82, 2.24) is 9.97 Å². The summed E-state index contributed by atoms with van der Waals surface area (Å²) < 4.78 is 13.6. The standard InChI is InChI=1S/C17H19FN6/c1-2-20-16-3-4-21-17(22-16)24-7-5-23(6-8-24)15-10-13(12-19)9-14(18)11-15/h3-4,9-11H,2,5-8H2,1H3,(H,20,21,22). The molecule has 1 N–H and O–H groups in total. The second kappa shape index (κ2) is 7.13. The number of hydrogen-bond donors (Lipinski definition) is 1. The molecule has 0 amide bonds. The van der Waals surface area contributed by atoms with Crippen molar-refractivity contribution in [1.29, 1.82) is 5.26 Å². The Bertz CT molecular complexity index is 749. The van der Waals surface area contributed by atoms with Gasteiger partial charge in [-0.05, 0) is 31.2 Å². The highest BCUT2D eigenvalue weighted by Crippen LogP contribution is 2.21. The second-order valence-electron chi connectivity index (χ2n) is 5.56. The molecule has 1 aliphatic rings. The maximum atomic E-state index is 13.6. The predicted octanol–water partition coefficient (Wildman–Crippen LogP) is 2.25. The lowest BCUT2D eigenvalue weighted by atomic mass is 10.2. The van der Waals surface area contributed by atoms with Crippen molar-refractivity contribution >= 4 is 17.5 Å². The first-order chi connectivity index (χ1) is 11.7. The van der Waals surface area contributed by atoms with E-state index in [-0.39, 0.29) is 5.82 Å². The molecule has 1 aromatic carbocycles. The van der Waals surface area contributed by atoms with Gasteiger partial charge in [-0.15, -0.1) is 0 Å². The average Bonchev–Trinajstić information content (AvgIpc) is 2.62. The molecule has 1 aromatic heterocycles. The van der Waals surface area contributed by atoms with E-state index >= 15 is 0 Å². The van der Waals surface area contributed by atoms with Crippen LogP contribution in [0.2, 0.25) is 0 Å². The third-order valence-electron chi connectivity index (χ3n) is 3.94. The van der Waals surface area contributed by atoms with Crippen molar-refractivity contribution in [3.8, 4) is 6.07 Å². The molecule has 7 heteroatoms. The van der Waals surface area contributed by atoms with Gasteiger partial charge >= 0.3 is 0 Å². The Morgan fingerprint density at radius 1 is 1.21 bits per heavy atom. The highest BCUT2D eigenvalue weighted by atomic mass is 19.1. The Morgan fingerprint density at radius 3 is 2.67 bits per heavy atom. The van der Waals surface area contributed by atoms with E-state index in [0.717, 1.165) is 44.2 Å². The normalized spacial score (nSPS) is 14.4. The van der Waals surface area contributed by atoms with Crippen LogP contribution in [0.4, 0.5) is 21.8 Å². The minimum atomic E-state index is -0.381. The molecule has 6 nitrogen and oxygen atoms in total. The van der Waals surface area contributed by atoms with Gasteiger partial charge in [-0.25, -0.2) is 9.37 Å². The molecule has 0 radical (unpaired) electrons. The fourth-order valence-electron chi connectivity index (χ4n) is 2.77. The van der Waals surface area contributed by atoms with Crippen LogP contribution in [0.15, 0.2) is 30.5 Å². The van der Waals surface area contributed by atoms with E-state index in [1.54, 1.807) is 12.3 Å². The zero-order chi connectivity index (χ0) is 16.9. The van der Waals surface area contributed by atoms with Crippen LogP contribution in [-0.4, -0.2) is 42.7 Å². The Kier molecular flexibility index (Phi) is 4.75. The molecular weight excluding hydrogens is 307 g/mol. The van der Waals surface area contributed by atoms with Crippen LogP contribution >= 0.6 is 0 Å². The Labute approximate surface area is 140 Å². The number of halogens is 1. The zero-order valence-corrected chi connectivity index (χ0v) is 13.5. The van der Waals surface area contributed by atoms with Crippen molar-refractivity contribution in [2.24, 2.45) is 0 Å². The monoisotopic (exact) mass is 326 g/mol. The fourth-order valence-corrected chi connectivity index (χ4v) is 2.77. The topological polar surface area (TPSA) is 68.1 Å². The average molecular weight is 326 g/mol. The van der Waals surface area contributed by atoms with E-state index in [1.807, 2.05) is 19.1 Å². The van der Waals surface area contributed by atoms with Crippen molar-refractivity contribution in [3.63, 3.8) is 0 Å². The summed E-state index contributed by atoms with van der Waals surface area (Å²) in [5.74, 6) is 1.13. The van der Waals surface area contributed by atoms with Crippen molar-refractivity contribution in [3.05, 3.63) is 41.8 Å². The summed E-state index contributed by atoms with van der Waals surface area (Å²) >= 11 is 0. The Hall–Kier alpha value is -2.88. The molecule has 0 aliphatic carbocycles. The smallest absolute Gasteiger partial charge is 0.227 e. The maximum absolute atomic E-state index is 13.6. The number of anilines is 3. The molecule has 3 rings (SSSR count). The van der Waals surface area contributed by atoms with Gasteiger partial charge in [-0.1, -0.05) is 0 Å². The lowest BCUT2D eigenvalue weighted by Gasteiger charge is -2.36. The van der Waals surface area contributed by atoms with Gasteiger partial charge in [0.15, 0.2) is 0 Å². The van der Waals surface area contributed by atoms with E-state index in [1.165, 1.54) is 12.1 Å². The molecule has 0 bridgehead atoms. The van der Waals surface area contributed by atoms with Crippen LogP contribution in [0, 0.1) is 17.1 Å². The van der Waals surface area contributed by atoms with Crippen molar-refractivity contribution in [2.45, 2.75) is 6.92 Å². The van der Waals surface area contributed by atoms with Gasteiger partial charge in [-0.2, -0.15) is 10.2 Å². The predicted molar refractivity (Wildman–Crippen MR) is 91.7 cm³/mol. The molecule has 0 unspecified atom stereocenters. The largest absolute Gasteiger partial charge is 0.370 e. The van der Waals surface area contributed by atoms with Crippen LogP contribution in [0.1, 0.15) is 12.5 Å². The number of benzene rings is 1. The molecule has 1 saturated heterocycles. The summed E-state index contributed by atoms with van der Waals surface area (Å²) in [6.07, 6.45) is 1.75. The van der Waals surface area contributed by atoms with Gasteiger partial charge in [0, 0.05) is 44.6 Å². The lowest BCUT2D eigenvalue weighted by Crippen LogP contribution is -2.47. The van der Waals surface area contributed by atoms with Gasteiger partial charge < -0.3 is 15.1 Å². The highest BCUT2D eigenvalue weighted by Gasteiger charge is 2.20. The van der Waals surface area contributed by atoms with Crippen LogP contribution in [0.3, 0.4) is 0 Å². The number of nitrogens with zero attached hydrogens (tertiary/aromatic N) is 5. The van der Waals surface area contributed by atoms with E-state index in [9.17, 15) is 4.39 Å². The molecule has 0 saturated carbocycles. The molecule has 0 atom stereocenters. The second-order valence-corrected chi connectivity index (χ2v) is 5.56. The Morgan fingerprint density at radius 2 is 1.96 bits per heavy atom. The van der Waals surface area contributed by atoms with Crippen LogP contribution in [0.25, 0.3) is 0 Å². The molecule has 1 fully saturated rings. The van der Waals surface area contributed by atoms with Gasteiger partial charge in [0.2, 0.25) is 5.95 Å². The summed E-state index contributed by atoms with van der Waals surface area (Å²) in [5.41, 5.74) is 1.09. The summed E-state index contributed by atoms with van der Waals surface area (Å²) in [6, 6.07) is 8.29. The number of nitriles is 1. The summed E-state index contributed by atoms with van der Waals surface area (Å²) in [5, 5.41) is 12.2. The first-order valence-electron chi connectivity index (χ1n) is 7.97. The molecule has 24 heavy (non-hydrogen) atoms. The van der Waals surface area contributed by atoms with E-state index < -0.39 is 0 Å². The van der Waals surface area contributed by atoms with Gasteiger partial charge in [0.05, 0.1) is 11.6 Å². The van der Waals surface area contributed by atoms with Gasteiger partial charge in [0.1, 0.15) is 11.6 Å². The molecule has 1 aliphatic heterocycles. The number of aromatic nitrogens is 2. The number of nitrogens with one attached hydrogen (secondary N) is 1. The first kappa shape index (κ1) is 16.0. The van der Waals surface area contributed by atoms with Gasteiger partial charge in [0.25, 0.3) is 0 Å². The Balaban J connectivity index is 1.69. The molecule has 0 spiro atoms. The summed E-state index contributed by atoms with van der Waals surface area (Å²) in [7, 11) is 0. The quantitative estimate of drug-likeness (QED) is 0.929. The molecular formula is C17H19FN6. The maximum Gasteiger partial charge on any atom is 0.227 e. The highest BCUT2D eigenvalue weighted by molar-refractivity contribution is 5.53. The van der Waals surface area contributed by atoms with Gasteiger partial charge in [-0.3, -0.25) is 0 Å². The van der Waals surface area contributed by atoms with Crippen LogP contribution in [-0.2, 0) is 0 Å². The minimum Gasteiger partial charge on any atom is -0.370 e. The number of piperazine rings is 1. The fraction of sp³-hybridized carbons (Fsp3) is 0.353. The first-order valence-corrected chi connectivity index (χ1v) is 7.97. The summed E-state index contributed by atoms with van der Waals surface area (Å²) in [6.45, 7) is 5.77. The third-order valence-corrected chi connectivity index (χ3v) is 3.94. The number of rotatable bonds is 4. The zero-order valence-electron chi connectivity index (χ0n) is 13.5. The van der Waals surface area contributed by atoms with E-state index in [4.69, 9.17) is 5.26 Å². The summed E-state index contributed by atoms with van der Waals surface area (Å²) in [4.78, 5) is 13.0. The van der Waals surface area contributed by atoms with E-state index in [2.05, 4.69) is 25.1 Å². The molecule has 2 aromatic rings. The van der Waals surface area contributed by atoms with Crippen molar-refractivity contribution in [2.75, 3.05) is 47.8 Å². The number of hydrogen-bond acceptors (Lipinski definition) is 6. The third kappa shape index (κ3) is 3.54. The van der Waals surface area contributed by atoms with Crippen molar-refractivity contribution < 1.29 is 4.39 Å². The SMILES string of the molecule is CCNc1ccnc(N2CCN(c3cc(F)cc(C#N)c3)CC2)n1. The molecule has 124 valence electrons.